The van der Waals surface area contributed by atoms with Crippen LogP contribution in [0.1, 0.15) is 25.3 Å². The Morgan fingerprint density at radius 3 is 2.70 bits per heavy atom. The Bertz CT molecular complexity index is 428. The van der Waals surface area contributed by atoms with Crippen LogP contribution in [0.4, 0.5) is 5.69 Å². The zero-order chi connectivity index (χ0) is 14.5. The van der Waals surface area contributed by atoms with Gasteiger partial charge in [-0.1, -0.05) is 24.6 Å². The van der Waals surface area contributed by atoms with E-state index in [4.69, 9.17) is 11.6 Å². The van der Waals surface area contributed by atoms with E-state index in [0.29, 0.717) is 6.04 Å². The van der Waals surface area contributed by atoms with E-state index in [2.05, 4.69) is 48.3 Å². The second kappa shape index (κ2) is 7.30. The van der Waals surface area contributed by atoms with Gasteiger partial charge in [0.2, 0.25) is 0 Å². The number of nitrogens with zero attached hydrogens (tertiary/aromatic N) is 2. The topological polar surface area (TPSA) is 18.5 Å². The number of halogens is 1. The van der Waals surface area contributed by atoms with Gasteiger partial charge in [-0.3, -0.25) is 0 Å². The molecule has 1 fully saturated rings. The van der Waals surface area contributed by atoms with Crippen LogP contribution in [0.2, 0.25) is 5.02 Å². The van der Waals surface area contributed by atoms with Crippen molar-refractivity contribution in [2.75, 3.05) is 38.6 Å². The fraction of sp³-hybridized carbons (Fsp3) is 0.625. The maximum absolute atomic E-state index is 6.40. The van der Waals surface area contributed by atoms with Gasteiger partial charge in [-0.25, -0.2) is 0 Å². The highest BCUT2D eigenvalue weighted by atomic mass is 35.5. The third-order valence-corrected chi connectivity index (χ3v) is 4.62. The zero-order valence-corrected chi connectivity index (χ0v) is 13.6. The van der Waals surface area contributed by atoms with Gasteiger partial charge in [-0.2, -0.15) is 0 Å². The molecule has 1 aromatic rings. The molecule has 1 aliphatic heterocycles. The lowest BCUT2D eigenvalue weighted by molar-refractivity contribution is 0.252. The number of piperidine rings is 1. The Labute approximate surface area is 127 Å². The van der Waals surface area contributed by atoms with Gasteiger partial charge in [0.15, 0.2) is 0 Å². The molecule has 1 aliphatic rings. The summed E-state index contributed by atoms with van der Waals surface area (Å²) in [5.74, 6) is 0. The van der Waals surface area contributed by atoms with Gasteiger partial charge in [-0.15, -0.1) is 0 Å². The summed E-state index contributed by atoms with van der Waals surface area (Å²) < 4.78 is 0. The van der Waals surface area contributed by atoms with Crippen molar-refractivity contribution in [3.63, 3.8) is 0 Å². The lowest BCUT2D eigenvalue weighted by Crippen LogP contribution is -2.42. The number of hydrogen-bond donors (Lipinski definition) is 1. The van der Waals surface area contributed by atoms with E-state index >= 15 is 0 Å². The molecule has 0 bridgehead atoms. The monoisotopic (exact) mass is 295 g/mol. The van der Waals surface area contributed by atoms with Crippen molar-refractivity contribution in [3.05, 3.63) is 28.8 Å². The SMILES string of the molecule is CCNCc1c(Cl)cccc1N(C)C1CCN(C)CC1. The molecule has 112 valence electrons. The molecule has 3 nitrogen and oxygen atoms in total. The van der Waals surface area contributed by atoms with Crippen molar-refractivity contribution in [2.24, 2.45) is 0 Å². The van der Waals surface area contributed by atoms with Crippen LogP contribution in [0.15, 0.2) is 18.2 Å². The van der Waals surface area contributed by atoms with Gasteiger partial charge in [0.25, 0.3) is 0 Å². The van der Waals surface area contributed by atoms with Crippen LogP contribution in [0, 0.1) is 0 Å². The molecule has 1 N–H and O–H groups in total. The quantitative estimate of drug-likeness (QED) is 0.901. The predicted octanol–water partition coefficient (Wildman–Crippen LogP) is 2.98. The summed E-state index contributed by atoms with van der Waals surface area (Å²) in [5, 5.41) is 4.26. The zero-order valence-electron chi connectivity index (χ0n) is 12.8. The molecule has 0 atom stereocenters. The number of nitrogens with one attached hydrogen (secondary N) is 1. The molecular weight excluding hydrogens is 270 g/mol. The summed E-state index contributed by atoms with van der Waals surface area (Å²) in [6.45, 7) is 6.28. The summed E-state index contributed by atoms with van der Waals surface area (Å²) in [5.41, 5.74) is 2.49. The van der Waals surface area contributed by atoms with Crippen molar-refractivity contribution in [1.82, 2.24) is 10.2 Å². The normalized spacial score (nSPS) is 17.4. The van der Waals surface area contributed by atoms with Gasteiger partial charge in [0, 0.05) is 35.9 Å². The predicted molar refractivity (Wildman–Crippen MR) is 87.8 cm³/mol. The summed E-state index contributed by atoms with van der Waals surface area (Å²) in [4.78, 5) is 4.83. The van der Waals surface area contributed by atoms with E-state index in [9.17, 15) is 0 Å². The van der Waals surface area contributed by atoms with Crippen LogP contribution in [0.5, 0.6) is 0 Å². The van der Waals surface area contributed by atoms with Gasteiger partial charge in [0.05, 0.1) is 0 Å². The van der Waals surface area contributed by atoms with Crippen LogP contribution < -0.4 is 10.2 Å². The van der Waals surface area contributed by atoms with E-state index in [1.54, 1.807) is 0 Å². The fourth-order valence-corrected chi connectivity index (χ4v) is 3.12. The highest BCUT2D eigenvalue weighted by Gasteiger charge is 2.22. The van der Waals surface area contributed by atoms with Gasteiger partial charge in [-0.05, 0) is 51.7 Å². The summed E-state index contributed by atoms with van der Waals surface area (Å²) in [6, 6.07) is 6.85. The third-order valence-electron chi connectivity index (χ3n) is 4.26. The lowest BCUT2D eigenvalue weighted by Gasteiger charge is -2.37. The first-order valence-corrected chi connectivity index (χ1v) is 7.90. The molecule has 0 radical (unpaired) electrons. The maximum atomic E-state index is 6.40. The molecule has 4 heteroatoms. The molecule has 0 amide bonds. The minimum atomic E-state index is 0.616. The standard InChI is InChI=1S/C16H26ClN3/c1-4-18-12-14-15(17)6-5-7-16(14)20(3)13-8-10-19(2)11-9-13/h5-7,13,18H,4,8-12H2,1-3H3. The van der Waals surface area contributed by atoms with Crippen LogP contribution in [0.25, 0.3) is 0 Å². The Balaban J connectivity index is 2.16. The Kier molecular flexibility index (Phi) is 5.70. The largest absolute Gasteiger partial charge is 0.371 e. The molecule has 1 saturated heterocycles. The van der Waals surface area contributed by atoms with E-state index in [1.165, 1.54) is 37.2 Å². The first-order valence-electron chi connectivity index (χ1n) is 7.53. The van der Waals surface area contributed by atoms with E-state index in [-0.39, 0.29) is 0 Å². The molecule has 1 aromatic carbocycles. The van der Waals surface area contributed by atoms with Gasteiger partial charge in [0.1, 0.15) is 0 Å². The second-order valence-corrected chi connectivity index (χ2v) is 6.07. The van der Waals surface area contributed by atoms with Crippen LogP contribution in [-0.4, -0.2) is 44.7 Å². The molecular formula is C16H26ClN3. The summed E-state index contributed by atoms with van der Waals surface area (Å²) in [6.07, 6.45) is 2.44. The fourth-order valence-electron chi connectivity index (χ4n) is 2.88. The van der Waals surface area contributed by atoms with Crippen molar-refractivity contribution in [3.8, 4) is 0 Å². The first kappa shape index (κ1) is 15.6. The molecule has 0 unspecified atom stereocenters. The number of rotatable bonds is 5. The van der Waals surface area contributed by atoms with Crippen molar-refractivity contribution in [1.29, 1.82) is 0 Å². The Morgan fingerprint density at radius 1 is 1.35 bits per heavy atom. The summed E-state index contributed by atoms with van der Waals surface area (Å²) >= 11 is 6.40. The van der Waals surface area contributed by atoms with Crippen LogP contribution in [-0.2, 0) is 6.54 Å². The highest BCUT2D eigenvalue weighted by molar-refractivity contribution is 6.31. The van der Waals surface area contributed by atoms with Crippen molar-refractivity contribution in [2.45, 2.75) is 32.4 Å². The lowest BCUT2D eigenvalue weighted by atomic mass is 10.0. The molecule has 0 spiro atoms. The number of anilines is 1. The molecule has 20 heavy (non-hydrogen) atoms. The minimum absolute atomic E-state index is 0.616. The molecule has 0 aliphatic carbocycles. The average molecular weight is 296 g/mol. The smallest absolute Gasteiger partial charge is 0.0471 e. The van der Waals surface area contributed by atoms with E-state index in [1.807, 2.05) is 6.07 Å². The third kappa shape index (κ3) is 3.66. The molecule has 0 aromatic heterocycles. The minimum Gasteiger partial charge on any atom is -0.371 e. The van der Waals surface area contributed by atoms with E-state index in [0.717, 1.165) is 18.1 Å². The Hall–Kier alpha value is -0.770. The van der Waals surface area contributed by atoms with Gasteiger partial charge < -0.3 is 15.1 Å². The number of hydrogen-bond acceptors (Lipinski definition) is 3. The second-order valence-electron chi connectivity index (χ2n) is 5.66. The highest BCUT2D eigenvalue weighted by Crippen LogP contribution is 2.30. The molecule has 2 rings (SSSR count). The molecule has 0 saturated carbocycles. The van der Waals surface area contributed by atoms with Crippen LogP contribution >= 0.6 is 11.6 Å². The van der Waals surface area contributed by atoms with Crippen molar-refractivity contribution < 1.29 is 0 Å². The average Bonchev–Trinajstić information content (AvgIpc) is 2.46. The number of benzene rings is 1. The maximum Gasteiger partial charge on any atom is 0.0471 e. The Morgan fingerprint density at radius 2 is 2.05 bits per heavy atom. The summed E-state index contributed by atoms with van der Waals surface area (Å²) in [7, 11) is 4.41. The number of likely N-dealkylation sites (tertiary alicyclic amines) is 1. The van der Waals surface area contributed by atoms with Crippen molar-refractivity contribution >= 4 is 17.3 Å². The first-order chi connectivity index (χ1) is 9.63. The van der Waals surface area contributed by atoms with Gasteiger partial charge >= 0.3 is 0 Å². The van der Waals surface area contributed by atoms with Crippen LogP contribution in [0.3, 0.4) is 0 Å². The van der Waals surface area contributed by atoms with E-state index < -0.39 is 0 Å². The molecule has 1 heterocycles.